The molecule has 1 atom stereocenters. The number of rotatable bonds is 3. The van der Waals surface area contributed by atoms with Crippen molar-refractivity contribution in [1.82, 2.24) is 10.2 Å². The van der Waals surface area contributed by atoms with Gasteiger partial charge in [0.15, 0.2) is 0 Å². The molecule has 1 saturated heterocycles. The monoisotopic (exact) mass is 240 g/mol. The van der Waals surface area contributed by atoms with Crippen LogP contribution in [0.2, 0.25) is 0 Å². The van der Waals surface area contributed by atoms with Crippen molar-refractivity contribution in [1.29, 1.82) is 0 Å². The van der Waals surface area contributed by atoms with E-state index >= 15 is 0 Å². The van der Waals surface area contributed by atoms with Crippen LogP contribution in [-0.2, 0) is 9.53 Å². The van der Waals surface area contributed by atoms with Crippen LogP contribution >= 0.6 is 0 Å². The first-order valence-electron chi connectivity index (χ1n) is 5.44. The molecule has 1 aliphatic rings. The van der Waals surface area contributed by atoms with Crippen molar-refractivity contribution in [2.24, 2.45) is 0 Å². The molecule has 6 nitrogen and oxygen atoms in total. The number of carboxylic acid groups (broad SMARTS) is 1. The summed E-state index contributed by atoms with van der Waals surface area (Å²) in [4.78, 5) is 24.1. The highest BCUT2D eigenvalue weighted by Gasteiger charge is 2.22. The smallest absolute Gasteiger partial charge is 0.327 e. The van der Waals surface area contributed by atoms with Gasteiger partial charge in [0.1, 0.15) is 6.04 Å². The van der Waals surface area contributed by atoms with Gasteiger partial charge in [0.2, 0.25) is 0 Å². The second-order valence-corrected chi connectivity index (χ2v) is 3.70. The SMILES string of the molecule is C#CCC(NC(=O)N1CCCOCC1)C(=O)O. The maximum Gasteiger partial charge on any atom is 0.327 e. The molecule has 1 aliphatic heterocycles. The molecule has 1 heterocycles. The van der Waals surface area contributed by atoms with Crippen LogP contribution in [0.3, 0.4) is 0 Å². The van der Waals surface area contributed by atoms with E-state index < -0.39 is 18.0 Å². The summed E-state index contributed by atoms with van der Waals surface area (Å²) in [7, 11) is 0. The molecule has 0 spiro atoms. The van der Waals surface area contributed by atoms with Crippen LogP contribution in [0.15, 0.2) is 0 Å². The highest BCUT2D eigenvalue weighted by molar-refractivity contribution is 5.82. The number of terminal acetylenes is 1. The average molecular weight is 240 g/mol. The van der Waals surface area contributed by atoms with Crippen molar-refractivity contribution in [3.05, 3.63) is 0 Å². The number of nitrogens with one attached hydrogen (secondary N) is 1. The van der Waals surface area contributed by atoms with Gasteiger partial charge in [0.25, 0.3) is 0 Å². The molecule has 0 aromatic rings. The quantitative estimate of drug-likeness (QED) is 0.675. The summed E-state index contributed by atoms with van der Waals surface area (Å²) in [5.41, 5.74) is 0. The van der Waals surface area contributed by atoms with Crippen LogP contribution in [0.4, 0.5) is 4.79 Å². The highest BCUT2D eigenvalue weighted by atomic mass is 16.5. The zero-order chi connectivity index (χ0) is 12.7. The second kappa shape index (κ2) is 6.76. The number of amides is 2. The Labute approximate surface area is 99.9 Å². The predicted octanol–water partition coefficient (Wildman–Crippen LogP) is -0.105. The van der Waals surface area contributed by atoms with E-state index in [-0.39, 0.29) is 6.42 Å². The van der Waals surface area contributed by atoms with Crippen LogP contribution in [-0.4, -0.2) is 54.4 Å². The minimum Gasteiger partial charge on any atom is -0.480 e. The lowest BCUT2D eigenvalue weighted by Gasteiger charge is -2.22. The van der Waals surface area contributed by atoms with Gasteiger partial charge in [-0.05, 0) is 6.42 Å². The van der Waals surface area contributed by atoms with E-state index in [2.05, 4.69) is 11.2 Å². The Bertz CT molecular complexity index is 316. The summed E-state index contributed by atoms with van der Waals surface area (Å²) in [5, 5.41) is 11.3. The molecule has 17 heavy (non-hydrogen) atoms. The van der Waals surface area contributed by atoms with Crippen molar-refractivity contribution < 1.29 is 19.4 Å². The number of carbonyl (C=O) groups excluding carboxylic acids is 1. The zero-order valence-corrected chi connectivity index (χ0v) is 9.52. The van der Waals surface area contributed by atoms with E-state index in [0.29, 0.717) is 26.3 Å². The third kappa shape index (κ3) is 4.33. The molecule has 0 aromatic carbocycles. The van der Waals surface area contributed by atoms with Crippen molar-refractivity contribution >= 4 is 12.0 Å². The fourth-order valence-corrected chi connectivity index (χ4v) is 1.51. The molecule has 0 aliphatic carbocycles. The normalized spacial score (nSPS) is 17.7. The molecule has 94 valence electrons. The Balaban J connectivity index is 2.50. The molecular formula is C11H16N2O4. The maximum absolute atomic E-state index is 11.8. The molecule has 2 amide bonds. The third-order valence-electron chi connectivity index (χ3n) is 2.43. The van der Waals surface area contributed by atoms with Gasteiger partial charge < -0.3 is 20.1 Å². The largest absolute Gasteiger partial charge is 0.480 e. The van der Waals surface area contributed by atoms with Gasteiger partial charge in [-0.2, -0.15) is 0 Å². The molecule has 0 aromatic heterocycles. The van der Waals surface area contributed by atoms with Gasteiger partial charge in [-0.1, -0.05) is 0 Å². The Hall–Kier alpha value is -1.74. The molecule has 0 saturated carbocycles. The van der Waals surface area contributed by atoms with Gasteiger partial charge in [0.05, 0.1) is 6.61 Å². The van der Waals surface area contributed by atoms with E-state index in [1.165, 1.54) is 0 Å². The van der Waals surface area contributed by atoms with Crippen LogP contribution in [0, 0.1) is 12.3 Å². The number of nitrogens with zero attached hydrogens (tertiary/aromatic N) is 1. The fraction of sp³-hybridized carbons (Fsp3) is 0.636. The molecule has 1 unspecified atom stereocenters. The molecular weight excluding hydrogens is 224 g/mol. The zero-order valence-electron chi connectivity index (χ0n) is 9.52. The van der Waals surface area contributed by atoms with E-state index in [0.717, 1.165) is 6.42 Å². The standard InChI is InChI=1S/C11H16N2O4/c1-2-4-9(10(14)15)12-11(16)13-5-3-7-17-8-6-13/h1,9H,3-8H2,(H,12,16)(H,14,15). The van der Waals surface area contributed by atoms with E-state index in [4.69, 9.17) is 16.3 Å². The van der Waals surface area contributed by atoms with Gasteiger partial charge in [-0.15, -0.1) is 12.3 Å². The van der Waals surface area contributed by atoms with Crippen LogP contribution < -0.4 is 5.32 Å². The van der Waals surface area contributed by atoms with Crippen molar-refractivity contribution in [2.75, 3.05) is 26.3 Å². The Kier molecular flexibility index (Phi) is 5.30. The topological polar surface area (TPSA) is 78.9 Å². The Morgan fingerprint density at radius 1 is 1.47 bits per heavy atom. The third-order valence-corrected chi connectivity index (χ3v) is 2.43. The van der Waals surface area contributed by atoms with Crippen molar-refractivity contribution in [3.63, 3.8) is 0 Å². The molecule has 1 rings (SSSR count). The lowest BCUT2D eigenvalue weighted by atomic mass is 10.2. The maximum atomic E-state index is 11.8. The Morgan fingerprint density at radius 2 is 2.24 bits per heavy atom. The van der Waals surface area contributed by atoms with Crippen molar-refractivity contribution in [3.8, 4) is 12.3 Å². The fourth-order valence-electron chi connectivity index (χ4n) is 1.51. The summed E-state index contributed by atoms with van der Waals surface area (Å²) in [6.07, 6.45) is 5.78. The minimum absolute atomic E-state index is 0.0224. The second-order valence-electron chi connectivity index (χ2n) is 3.70. The summed E-state index contributed by atoms with van der Waals surface area (Å²) in [5.74, 6) is 1.11. The number of carbonyl (C=O) groups is 2. The first kappa shape index (κ1) is 13.3. The van der Waals surface area contributed by atoms with Crippen molar-refractivity contribution in [2.45, 2.75) is 18.9 Å². The summed E-state index contributed by atoms with van der Waals surface area (Å²) >= 11 is 0. The molecule has 2 N–H and O–H groups in total. The molecule has 0 bridgehead atoms. The number of ether oxygens (including phenoxy) is 1. The molecule has 1 fully saturated rings. The number of urea groups is 1. The number of hydrogen-bond acceptors (Lipinski definition) is 3. The lowest BCUT2D eigenvalue weighted by molar-refractivity contribution is -0.139. The minimum atomic E-state index is -1.12. The van der Waals surface area contributed by atoms with E-state index in [1.54, 1.807) is 4.90 Å². The van der Waals surface area contributed by atoms with Gasteiger partial charge in [0, 0.05) is 26.1 Å². The first-order valence-corrected chi connectivity index (χ1v) is 5.44. The van der Waals surface area contributed by atoms with E-state index in [1.807, 2.05) is 0 Å². The van der Waals surface area contributed by atoms with Crippen LogP contribution in [0.5, 0.6) is 0 Å². The average Bonchev–Trinajstić information content (AvgIpc) is 2.56. The van der Waals surface area contributed by atoms with E-state index in [9.17, 15) is 9.59 Å². The molecule has 0 radical (unpaired) electrons. The summed E-state index contributed by atoms with van der Waals surface area (Å²) < 4.78 is 5.20. The van der Waals surface area contributed by atoms with Gasteiger partial charge >= 0.3 is 12.0 Å². The van der Waals surface area contributed by atoms with Crippen LogP contribution in [0.1, 0.15) is 12.8 Å². The first-order chi connectivity index (χ1) is 8.15. The summed E-state index contributed by atoms with van der Waals surface area (Å²) in [6, 6.07) is -1.44. The Morgan fingerprint density at radius 3 is 2.88 bits per heavy atom. The summed E-state index contributed by atoms with van der Waals surface area (Å²) in [6.45, 7) is 2.12. The van der Waals surface area contributed by atoms with Gasteiger partial charge in [-0.3, -0.25) is 0 Å². The molecule has 6 heteroatoms. The van der Waals surface area contributed by atoms with Crippen LogP contribution in [0.25, 0.3) is 0 Å². The predicted molar refractivity (Wildman–Crippen MR) is 60.4 cm³/mol. The lowest BCUT2D eigenvalue weighted by Crippen LogP contribution is -2.48. The number of carboxylic acids is 1. The van der Waals surface area contributed by atoms with Gasteiger partial charge in [-0.25, -0.2) is 9.59 Å². The highest BCUT2D eigenvalue weighted by Crippen LogP contribution is 2.01. The number of hydrogen-bond donors (Lipinski definition) is 2. The number of aliphatic carboxylic acids is 1.